The van der Waals surface area contributed by atoms with E-state index in [1.807, 2.05) is 30.3 Å². The first-order chi connectivity index (χ1) is 9.74. The molecular weight excluding hydrogens is 341 g/mol. The summed E-state index contributed by atoms with van der Waals surface area (Å²) in [4.78, 5) is 16.4. The molecule has 7 heteroatoms. The van der Waals surface area contributed by atoms with Crippen molar-refractivity contribution in [3.05, 3.63) is 41.4 Å². The minimum atomic E-state index is -0.139. The molecule has 1 aromatic carbocycles. The van der Waals surface area contributed by atoms with E-state index in [1.54, 1.807) is 5.38 Å². The maximum Gasteiger partial charge on any atom is 0.270 e. The van der Waals surface area contributed by atoms with Gasteiger partial charge >= 0.3 is 0 Å². The summed E-state index contributed by atoms with van der Waals surface area (Å²) in [5.41, 5.74) is 7.47. The number of benzene rings is 1. The van der Waals surface area contributed by atoms with Gasteiger partial charge in [0.05, 0.1) is 0 Å². The number of amides is 1. The molecule has 1 unspecified atom stereocenters. The summed E-state index contributed by atoms with van der Waals surface area (Å²) < 4.78 is 0. The second kappa shape index (κ2) is 8.48. The first-order valence-corrected chi connectivity index (χ1v) is 7.67. The van der Waals surface area contributed by atoms with Crippen molar-refractivity contribution >= 4 is 42.1 Å². The van der Waals surface area contributed by atoms with Crippen LogP contribution in [0.25, 0.3) is 10.6 Å². The van der Waals surface area contributed by atoms with Crippen LogP contribution in [0.3, 0.4) is 0 Å². The molecule has 1 saturated carbocycles. The van der Waals surface area contributed by atoms with Crippen LogP contribution in [-0.4, -0.2) is 23.5 Å². The smallest absolute Gasteiger partial charge is 0.270 e. The monoisotopic (exact) mass is 359 g/mol. The zero-order valence-electron chi connectivity index (χ0n) is 11.9. The molecule has 1 aliphatic rings. The molecule has 0 radical (unpaired) electrons. The zero-order valence-corrected chi connectivity index (χ0v) is 14.3. The van der Waals surface area contributed by atoms with Crippen molar-refractivity contribution in [1.29, 1.82) is 0 Å². The van der Waals surface area contributed by atoms with Crippen molar-refractivity contribution in [2.45, 2.75) is 18.9 Å². The summed E-state index contributed by atoms with van der Waals surface area (Å²) >= 11 is 1.48. The third-order valence-electron chi connectivity index (χ3n) is 3.48. The van der Waals surface area contributed by atoms with Gasteiger partial charge in [0, 0.05) is 23.5 Å². The normalized spacial score (nSPS) is 14.4. The molecule has 3 rings (SSSR count). The Morgan fingerprint density at radius 2 is 2.00 bits per heavy atom. The summed E-state index contributed by atoms with van der Waals surface area (Å²) in [5, 5.41) is 5.52. The number of aromatic nitrogens is 1. The van der Waals surface area contributed by atoms with Crippen LogP contribution in [0.2, 0.25) is 0 Å². The van der Waals surface area contributed by atoms with Crippen molar-refractivity contribution in [3.8, 4) is 10.6 Å². The fraction of sp³-hybridized carbons (Fsp3) is 0.333. The van der Waals surface area contributed by atoms with E-state index in [0.717, 1.165) is 10.6 Å². The van der Waals surface area contributed by atoms with Gasteiger partial charge in [-0.3, -0.25) is 4.79 Å². The Kier molecular flexibility index (Phi) is 7.29. The van der Waals surface area contributed by atoms with E-state index >= 15 is 0 Å². The van der Waals surface area contributed by atoms with Gasteiger partial charge in [-0.2, -0.15) is 0 Å². The number of halogens is 2. The second-order valence-electron chi connectivity index (χ2n) is 5.12. The number of hydrogen-bond donors (Lipinski definition) is 2. The number of thiazole rings is 1. The Morgan fingerprint density at radius 1 is 1.32 bits per heavy atom. The first-order valence-electron chi connectivity index (χ1n) is 6.79. The molecule has 0 saturated heterocycles. The minimum absolute atomic E-state index is 0. The highest BCUT2D eigenvalue weighted by atomic mass is 35.5. The van der Waals surface area contributed by atoms with Crippen molar-refractivity contribution in [2.75, 3.05) is 6.54 Å². The summed E-state index contributed by atoms with van der Waals surface area (Å²) in [6, 6.07) is 9.94. The molecule has 1 atom stereocenters. The third-order valence-corrected chi connectivity index (χ3v) is 4.37. The summed E-state index contributed by atoms with van der Waals surface area (Å²) in [6.07, 6.45) is 2.37. The average Bonchev–Trinajstić information content (AvgIpc) is 3.22. The second-order valence-corrected chi connectivity index (χ2v) is 5.97. The maximum absolute atomic E-state index is 12.0. The van der Waals surface area contributed by atoms with Crippen LogP contribution in [0, 0.1) is 5.92 Å². The van der Waals surface area contributed by atoms with Crippen LogP contribution in [0.1, 0.15) is 23.3 Å². The number of rotatable bonds is 5. The van der Waals surface area contributed by atoms with Crippen molar-refractivity contribution < 1.29 is 4.79 Å². The van der Waals surface area contributed by atoms with Gasteiger partial charge in [0.2, 0.25) is 0 Å². The van der Waals surface area contributed by atoms with Crippen LogP contribution in [0.5, 0.6) is 0 Å². The summed E-state index contributed by atoms with van der Waals surface area (Å²) in [7, 11) is 0. The molecule has 2 aromatic rings. The maximum atomic E-state index is 12.0. The Bertz CT molecular complexity index is 602. The number of hydrogen-bond acceptors (Lipinski definition) is 4. The van der Waals surface area contributed by atoms with E-state index in [0.29, 0.717) is 18.2 Å². The largest absolute Gasteiger partial charge is 0.349 e. The molecular formula is C15H19Cl2N3OS. The minimum Gasteiger partial charge on any atom is -0.349 e. The molecule has 0 spiro atoms. The van der Waals surface area contributed by atoms with Gasteiger partial charge in [-0.15, -0.1) is 36.2 Å². The fourth-order valence-corrected chi connectivity index (χ4v) is 2.89. The van der Waals surface area contributed by atoms with Crippen LogP contribution in [0.15, 0.2) is 35.7 Å². The van der Waals surface area contributed by atoms with E-state index in [9.17, 15) is 4.79 Å². The lowest BCUT2D eigenvalue weighted by Gasteiger charge is -2.10. The average molecular weight is 360 g/mol. The number of carbonyl (C=O) groups is 1. The highest BCUT2D eigenvalue weighted by Gasteiger charge is 2.28. The zero-order chi connectivity index (χ0) is 13.9. The molecule has 1 fully saturated rings. The third kappa shape index (κ3) is 4.68. The molecule has 1 heterocycles. The predicted octanol–water partition coefficient (Wildman–Crippen LogP) is 3.12. The number of nitrogens with two attached hydrogens (primary N) is 1. The molecule has 0 bridgehead atoms. The quantitative estimate of drug-likeness (QED) is 0.861. The summed E-state index contributed by atoms with van der Waals surface area (Å²) in [6.45, 7) is 0.529. The van der Waals surface area contributed by atoms with Gasteiger partial charge in [-0.1, -0.05) is 30.3 Å². The molecule has 120 valence electrons. The van der Waals surface area contributed by atoms with Crippen molar-refractivity contribution in [1.82, 2.24) is 10.3 Å². The Balaban J connectivity index is 0.00000121. The van der Waals surface area contributed by atoms with Gasteiger partial charge in [0.1, 0.15) is 10.7 Å². The van der Waals surface area contributed by atoms with Crippen molar-refractivity contribution in [2.24, 2.45) is 11.7 Å². The molecule has 22 heavy (non-hydrogen) atoms. The molecule has 1 aromatic heterocycles. The lowest BCUT2D eigenvalue weighted by Crippen LogP contribution is -2.38. The Hall–Kier alpha value is -1.14. The van der Waals surface area contributed by atoms with Crippen LogP contribution >= 0.6 is 36.2 Å². The topological polar surface area (TPSA) is 68.0 Å². The van der Waals surface area contributed by atoms with Gasteiger partial charge < -0.3 is 11.1 Å². The van der Waals surface area contributed by atoms with E-state index in [2.05, 4.69) is 10.3 Å². The number of nitrogens with one attached hydrogen (secondary N) is 1. The van der Waals surface area contributed by atoms with E-state index in [4.69, 9.17) is 5.73 Å². The molecule has 1 amide bonds. The molecule has 3 N–H and O–H groups in total. The summed E-state index contributed by atoms with van der Waals surface area (Å²) in [5.74, 6) is 0.449. The Labute approximate surface area is 146 Å². The standard InChI is InChI=1S/C15H17N3OS.2ClH/c16-12(10-6-7-10)8-17-14(19)13-9-20-15(18-13)11-4-2-1-3-5-11;;/h1-5,9-10,12H,6-8,16H2,(H,17,19);2*1H. The van der Waals surface area contributed by atoms with Gasteiger partial charge in [-0.05, 0) is 18.8 Å². The van der Waals surface area contributed by atoms with Crippen LogP contribution < -0.4 is 11.1 Å². The van der Waals surface area contributed by atoms with Crippen LogP contribution in [-0.2, 0) is 0 Å². The number of nitrogens with zero attached hydrogens (tertiary/aromatic N) is 1. The number of carbonyl (C=O) groups excluding carboxylic acids is 1. The van der Waals surface area contributed by atoms with E-state index in [-0.39, 0.29) is 36.8 Å². The van der Waals surface area contributed by atoms with Gasteiger partial charge in [0.25, 0.3) is 5.91 Å². The molecule has 0 aliphatic heterocycles. The van der Waals surface area contributed by atoms with E-state index < -0.39 is 0 Å². The lowest BCUT2D eigenvalue weighted by atomic mass is 10.2. The Morgan fingerprint density at radius 3 is 2.64 bits per heavy atom. The molecule has 4 nitrogen and oxygen atoms in total. The highest BCUT2D eigenvalue weighted by Crippen LogP contribution is 2.31. The van der Waals surface area contributed by atoms with Gasteiger partial charge in [-0.25, -0.2) is 4.98 Å². The molecule has 1 aliphatic carbocycles. The lowest BCUT2D eigenvalue weighted by molar-refractivity contribution is 0.0946. The van der Waals surface area contributed by atoms with Crippen LogP contribution in [0.4, 0.5) is 0 Å². The fourth-order valence-electron chi connectivity index (χ4n) is 2.08. The first kappa shape index (κ1) is 18.9. The van der Waals surface area contributed by atoms with Crippen molar-refractivity contribution in [3.63, 3.8) is 0 Å². The van der Waals surface area contributed by atoms with Gasteiger partial charge in [0.15, 0.2) is 0 Å². The highest BCUT2D eigenvalue weighted by molar-refractivity contribution is 7.13. The SMILES string of the molecule is Cl.Cl.NC(CNC(=O)c1csc(-c2ccccc2)n1)C1CC1. The predicted molar refractivity (Wildman–Crippen MR) is 95.1 cm³/mol. The van der Waals surface area contributed by atoms with E-state index in [1.165, 1.54) is 24.2 Å².